The molecule has 2 nitrogen and oxygen atoms in total. The van der Waals surface area contributed by atoms with E-state index >= 15 is 0 Å². The molecule has 0 aliphatic carbocycles. The number of aliphatic hydroxyl groups is 1. The van der Waals surface area contributed by atoms with Gasteiger partial charge < -0.3 is 9.84 Å². The summed E-state index contributed by atoms with van der Waals surface area (Å²) in [6, 6.07) is 3.87. The van der Waals surface area contributed by atoms with E-state index in [1.165, 1.54) is 0 Å². The maximum Gasteiger partial charge on any atom is 0.125 e. The van der Waals surface area contributed by atoms with Crippen LogP contribution in [0.15, 0.2) is 12.1 Å². The van der Waals surface area contributed by atoms with Gasteiger partial charge in [-0.1, -0.05) is 12.1 Å². The fourth-order valence-corrected chi connectivity index (χ4v) is 1.91. The summed E-state index contributed by atoms with van der Waals surface area (Å²) in [4.78, 5) is 0. The molecule has 1 aromatic carbocycles. The Bertz CT molecular complexity index is 327. The molecule has 0 aliphatic heterocycles. The number of rotatable bonds is 7. The number of aryl methyl sites for hydroxylation is 2. The maximum absolute atomic E-state index is 11.9. The molecule has 0 atom stereocenters. The van der Waals surface area contributed by atoms with Crippen molar-refractivity contribution >= 4 is 0 Å². The van der Waals surface area contributed by atoms with Crippen molar-refractivity contribution in [1.29, 1.82) is 0 Å². The molecule has 0 aliphatic rings. The van der Waals surface area contributed by atoms with Crippen molar-refractivity contribution < 1.29 is 14.2 Å². The van der Waals surface area contributed by atoms with Gasteiger partial charge >= 0.3 is 0 Å². The summed E-state index contributed by atoms with van der Waals surface area (Å²) < 4.78 is 17.6. The second-order valence-corrected chi connectivity index (χ2v) is 4.31. The standard InChI is InChI=1S/C14H21FO2/c1-11-8-13(10-16)9-12(2)14(11)17-7-5-3-4-6-15/h8-9,16H,3-7,10H2,1-2H3. The fourth-order valence-electron chi connectivity index (χ4n) is 1.91. The number of halogens is 1. The first kappa shape index (κ1) is 14.0. The van der Waals surface area contributed by atoms with Crippen LogP contribution in [-0.2, 0) is 6.61 Å². The van der Waals surface area contributed by atoms with Gasteiger partial charge in [-0.2, -0.15) is 0 Å². The molecule has 1 N–H and O–H groups in total. The second-order valence-electron chi connectivity index (χ2n) is 4.31. The van der Waals surface area contributed by atoms with Crippen molar-refractivity contribution in [3.63, 3.8) is 0 Å². The lowest BCUT2D eigenvalue weighted by Crippen LogP contribution is -2.02. The Morgan fingerprint density at radius 2 is 1.76 bits per heavy atom. The molecule has 0 spiro atoms. The van der Waals surface area contributed by atoms with E-state index in [9.17, 15) is 4.39 Å². The van der Waals surface area contributed by atoms with Crippen molar-refractivity contribution in [1.82, 2.24) is 0 Å². The largest absolute Gasteiger partial charge is 0.493 e. The van der Waals surface area contributed by atoms with Crippen molar-refractivity contribution in [3.8, 4) is 5.75 Å². The second kappa shape index (κ2) is 7.28. The zero-order chi connectivity index (χ0) is 12.7. The summed E-state index contributed by atoms with van der Waals surface area (Å²) in [5.74, 6) is 0.891. The van der Waals surface area contributed by atoms with Crippen LogP contribution in [0.4, 0.5) is 4.39 Å². The molecule has 0 aromatic heterocycles. The summed E-state index contributed by atoms with van der Waals surface area (Å²) in [6.45, 7) is 4.38. The Hall–Kier alpha value is -1.09. The lowest BCUT2D eigenvalue weighted by Gasteiger charge is -2.13. The fraction of sp³-hybridized carbons (Fsp3) is 0.571. The highest BCUT2D eigenvalue weighted by atomic mass is 19.1. The third kappa shape index (κ3) is 4.35. The minimum absolute atomic E-state index is 0.0540. The average molecular weight is 240 g/mol. The third-order valence-corrected chi connectivity index (χ3v) is 2.73. The van der Waals surface area contributed by atoms with E-state index in [4.69, 9.17) is 9.84 Å². The molecule has 0 amide bonds. The van der Waals surface area contributed by atoms with Crippen LogP contribution in [0.25, 0.3) is 0 Å². The molecule has 0 bridgehead atoms. The van der Waals surface area contributed by atoms with Crippen LogP contribution in [0, 0.1) is 13.8 Å². The van der Waals surface area contributed by atoms with E-state index in [-0.39, 0.29) is 13.3 Å². The van der Waals surface area contributed by atoms with Gasteiger partial charge in [0.05, 0.1) is 19.9 Å². The Kier molecular flexibility index (Phi) is 5.98. The molecule has 0 fully saturated rings. The molecular formula is C14H21FO2. The lowest BCUT2D eigenvalue weighted by molar-refractivity contribution is 0.280. The van der Waals surface area contributed by atoms with Gasteiger partial charge in [-0.25, -0.2) is 0 Å². The number of unbranched alkanes of at least 4 members (excludes halogenated alkanes) is 2. The van der Waals surface area contributed by atoms with Crippen molar-refractivity contribution in [3.05, 3.63) is 28.8 Å². The zero-order valence-corrected chi connectivity index (χ0v) is 10.6. The van der Waals surface area contributed by atoms with E-state index in [1.807, 2.05) is 26.0 Å². The SMILES string of the molecule is Cc1cc(CO)cc(C)c1OCCCCCF. The zero-order valence-electron chi connectivity index (χ0n) is 10.6. The maximum atomic E-state index is 11.9. The highest BCUT2D eigenvalue weighted by Gasteiger charge is 2.05. The van der Waals surface area contributed by atoms with Crippen LogP contribution < -0.4 is 4.74 Å². The van der Waals surface area contributed by atoms with Crippen molar-refractivity contribution in [2.75, 3.05) is 13.3 Å². The van der Waals surface area contributed by atoms with Gasteiger partial charge in [-0.15, -0.1) is 0 Å². The van der Waals surface area contributed by atoms with Crippen LogP contribution in [0.5, 0.6) is 5.75 Å². The Morgan fingerprint density at radius 3 is 2.29 bits per heavy atom. The topological polar surface area (TPSA) is 29.5 Å². The van der Waals surface area contributed by atoms with Gasteiger partial charge in [0.2, 0.25) is 0 Å². The van der Waals surface area contributed by atoms with Gasteiger partial charge in [-0.05, 0) is 49.8 Å². The predicted octanol–water partition coefficient (Wildman–Crippen LogP) is 3.31. The summed E-state index contributed by atoms with van der Waals surface area (Å²) in [5.41, 5.74) is 2.99. The first-order chi connectivity index (χ1) is 8.19. The number of benzene rings is 1. The van der Waals surface area contributed by atoms with Gasteiger partial charge in [0.25, 0.3) is 0 Å². The molecular weight excluding hydrogens is 219 g/mol. The first-order valence-electron chi connectivity index (χ1n) is 6.08. The van der Waals surface area contributed by atoms with Crippen LogP contribution in [0.2, 0.25) is 0 Å². The van der Waals surface area contributed by atoms with Gasteiger partial charge in [-0.3, -0.25) is 4.39 Å². The van der Waals surface area contributed by atoms with E-state index < -0.39 is 0 Å². The highest BCUT2D eigenvalue weighted by molar-refractivity contribution is 5.43. The summed E-state index contributed by atoms with van der Waals surface area (Å²) in [6.07, 6.45) is 2.36. The minimum atomic E-state index is -0.247. The Morgan fingerprint density at radius 1 is 1.12 bits per heavy atom. The van der Waals surface area contributed by atoms with Crippen LogP contribution in [0.3, 0.4) is 0 Å². The third-order valence-electron chi connectivity index (χ3n) is 2.73. The molecule has 1 aromatic rings. The number of hydrogen-bond acceptors (Lipinski definition) is 2. The molecule has 1 rings (SSSR count). The molecule has 0 unspecified atom stereocenters. The molecule has 3 heteroatoms. The number of aliphatic hydroxyl groups excluding tert-OH is 1. The normalized spacial score (nSPS) is 10.6. The van der Waals surface area contributed by atoms with Crippen molar-refractivity contribution in [2.24, 2.45) is 0 Å². The first-order valence-corrected chi connectivity index (χ1v) is 6.08. The van der Waals surface area contributed by atoms with Gasteiger partial charge in [0.1, 0.15) is 5.75 Å². The van der Waals surface area contributed by atoms with Gasteiger partial charge in [0, 0.05) is 0 Å². The Labute approximate surface area is 102 Å². The van der Waals surface area contributed by atoms with Gasteiger partial charge in [0.15, 0.2) is 0 Å². The number of hydrogen-bond donors (Lipinski definition) is 1. The quantitative estimate of drug-likeness (QED) is 0.741. The van der Waals surface area contributed by atoms with E-state index in [1.54, 1.807) is 0 Å². The molecule has 0 saturated heterocycles. The molecule has 0 radical (unpaired) electrons. The summed E-state index contributed by atoms with van der Waals surface area (Å²) in [5, 5.41) is 9.07. The van der Waals surface area contributed by atoms with E-state index in [0.29, 0.717) is 13.0 Å². The summed E-state index contributed by atoms with van der Waals surface area (Å²) in [7, 11) is 0. The van der Waals surface area contributed by atoms with Crippen LogP contribution in [0.1, 0.15) is 36.0 Å². The average Bonchev–Trinajstić information content (AvgIpc) is 2.31. The number of ether oxygens (including phenoxy) is 1. The van der Waals surface area contributed by atoms with E-state index in [0.717, 1.165) is 35.3 Å². The smallest absolute Gasteiger partial charge is 0.125 e. The Balaban J connectivity index is 2.53. The molecule has 0 heterocycles. The van der Waals surface area contributed by atoms with Crippen molar-refractivity contribution in [2.45, 2.75) is 39.7 Å². The monoisotopic (exact) mass is 240 g/mol. The summed E-state index contributed by atoms with van der Waals surface area (Å²) >= 11 is 0. The number of alkyl halides is 1. The molecule has 96 valence electrons. The minimum Gasteiger partial charge on any atom is -0.493 e. The van der Waals surface area contributed by atoms with E-state index in [2.05, 4.69) is 0 Å². The molecule has 0 saturated carbocycles. The highest BCUT2D eigenvalue weighted by Crippen LogP contribution is 2.25. The molecule has 17 heavy (non-hydrogen) atoms. The van der Waals surface area contributed by atoms with Crippen LogP contribution >= 0.6 is 0 Å². The van der Waals surface area contributed by atoms with Crippen LogP contribution in [-0.4, -0.2) is 18.4 Å². The predicted molar refractivity (Wildman–Crippen MR) is 67.2 cm³/mol. The lowest BCUT2D eigenvalue weighted by atomic mass is 10.1.